The van der Waals surface area contributed by atoms with E-state index < -0.39 is 11.7 Å². The third-order valence-corrected chi connectivity index (χ3v) is 6.87. The molecular weight excluding hydrogens is 493 g/mol. The van der Waals surface area contributed by atoms with Crippen LogP contribution >= 0.6 is 0 Å². The second kappa shape index (κ2) is 9.63. The van der Waals surface area contributed by atoms with Gasteiger partial charge in [0.05, 0.1) is 16.6 Å². The van der Waals surface area contributed by atoms with E-state index in [-0.39, 0.29) is 24.2 Å². The number of halogens is 3. The molecule has 0 spiro atoms. The van der Waals surface area contributed by atoms with Crippen molar-refractivity contribution in [2.45, 2.75) is 45.3 Å². The quantitative estimate of drug-likeness (QED) is 0.290. The van der Waals surface area contributed by atoms with Gasteiger partial charge in [0, 0.05) is 24.7 Å². The van der Waals surface area contributed by atoms with E-state index in [1.54, 1.807) is 25.2 Å². The van der Waals surface area contributed by atoms with Crippen molar-refractivity contribution in [3.05, 3.63) is 87.7 Å². The number of amides is 2. The van der Waals surface area contributed by atoms with Crippen molar-refractivity contribution >= 4 is 22.8 Å². The zero-order chi connectivity index (χ0) is 27.2. The van der Waals surface area contributed by atoms with Crippen LogP contribution in [0.3, 0.4) is 0 Å². The zero-order valence-electron chi connectivity index (χ0n) is 21.2. The normalized spacial score (nSPS) is 13.5. The molecule has 1 aromatic heterocycles. The second-order valence-corrected chi connectivity index (χ2v) is 9.77. The summed E-state index contributed by atoms with van der Waals surface area (Å²) in [5, 5.41) is 5.32. The van der Waals surface area contributed by atoms with Crippen LogP contribution in [0.4, 0.5) is 13.2 Å². The Hall–Kier alpha value is -4.14. The summed E-state index contributed by atoms with van der Waals surface area (Å²) in [6.07, 6.45) is -2.21. The molecule has 2 amide bonds. The van der Waals surface area contributed by atoms with Crippen LogP contribution in [0.2, 0.25) is 0 Å². The van der Waals surface area contributed by atoms with Gasteiger partial charge in [0.1, 0.15) is 0 Å². The Balaban J connectivity index is 1.46. The zero-order valence-corrected chi connectivity index (χ0v) is 21.2. The van der Waals surface area contributed by atoms with Crippen LogP contribution in [0.25, 0.3) is 22.2 Å². The van der Waals surface area contributed by atoms with E-state index in [2.05, 4.69) is 32.7 Å². The number of aryl methyl sites for hydroxylation is 2. The number of aromatic amines is 1. The molecule has 0 radical (unpaired) electrons. The second-order valence-electron chi connectivity index (χ2n) is 9.77. The first-order valence-corrected chi connectivity index (χ1v) is 12.4. The maximum atomic E-state index is 13.0. The summed E-state index contributed by atoms with van der Waals surface area (Å²) < 4.78 is 39.0. The number of benzene rings is 3. The summed E-state index contributed by atoms with van der Waals surface area (Å²) in [6.45, 7) is 3.80. The van der Waals surface area contributed by atoms with E-state index in [1.165, 1.54) is 11.6 Å². The predicted molar refractivity (Wildman–Crippen MR) is 139 cm³/mol. The number of H-pyrrole nitrogens is 1. The smallest absolute Gasteiger partial charge is 0.352 e. The van der Waals surface area contributed by atoms with Crippen molar-refractivity contribution in [1.29, 1.82) is 0 Å². The molecule has 3 aromatic carbocycles. The maximum absolute atomic E-state index is 13.0. The van der Waals surface area contributed by atoms with Crippen LogP contribution in [0, 0.1) is 13.8 Å². The summed E-state index contributed by atoms with van der Waals surface area (Å²) in [6, 6.07) is 12.6. The largest absolute Gasteiger partial charge is 0.416 e. The first-order chi connectivity index (χ1) is 18.0. The fourth-order valence-corrected chi connectivity index (χ4v) is 4.87. The fourth-order valence-electron chi connectivity index (χ4n) is 4.87. The van der Waals surface area contributed by atoms with Gasteiger partial charge in [-0.1, -0.05) is 12.1 Å². The van der Waals surface area contributed by atoms with Gasteiger partial charge in [0.15, 0.2) is 5.82 Å². The van der Waals surface area contributed by atoms with Crippen molar-refractivity contribution in [3.63, 3.8) is 0 Å². The number of carbonyl (C=O) groups excluding carboxylic acids is 2. The Kier molecular flexibility index (Phi) is 6.46. The molecule has 1 saturated carbocycles. The SMILES string of the molecule is CNC(=O)c1nc2c(-c3c(C)cc(C(=O)NCc4cccc(C(F)(F)F)c4)cc3C)cc(C3CC3)cc2[nH]1. The minimum absolute atomic E-state index is 0.0256. The maximum Gasteiger partial charge on any atom is 0.416 e. The number of fused-ring (bicyclic) bond motifs is 1. The standard InChI is InChI=1S/C29H27F3N4O2/c1-15-9-20(27(37)34-14-17-5-4-6-21(11-17)29(30,31)32)10-16(2)24(15)22-12-19(18-7-8-18)13-23-25(22)36-26(35-23)28(38)33-3/h4-6,9-13,18H,7-8,14H2,1-3H3,(H,33,38)(H,34,37)(H,35,36). The van der Waals surface area contributed by atoms with Crippen LogP contribution in [0.1, 0.15) is 67.6 Å². The molecule has 0 atom stereocenters. The molecule has 0 saturated heterocycles. The summed E-state index contributed by atoms with van der Waals surface area (Å²) in [5.41, 5.74) is 6.20. The Bertz CT molecular complexity index is 1550. The number of alkyl halides is 3. The number of hydrogen-bond acceptors (Lipinski definition) is 3. The molecule has 0 aliphatic heterocycles. The molecule has 0 bridgehead atoms. The highest BCUT2D eigenvalue weighted by atomic mass is 19.4. The summed E-state index contributed by atoms with van der Waals surface area (Å²) in [5.74, 6) is 0.0316. The molecule has 0 unspecified atom stereocenters. The molecule has 1 aliphatic carbocycles. The van der Waals surface area contributed by atoms with E-state index in [9.17, 15) is 22.8 Å². The highest BCUT2D eigenvalue weighted by molar-refractivity contribution is 6.01. The van der Waals surface area contributed by atoms with Crippen LogP contribution < -0.4 is 10.6 Å². The van der Waals surface area contributed by atoms with Gasteiger partial charge in [-0.3, -0.25) is 9.59 Å². The lowest BCUT2D eigenvalue weighted by Crippen LogP contribution is -2.23. The minimum atomic E-state index is -4.44. The number of hydrogen-bond donors (Lipinski definition) is 3. The summed E-state index contributed by atoms with van der Waals surface area (Å²) in [4.78, 5) is 32.9. The van der Waals surface area contributed by atoms with E-state index in [1.807, 2.05) is 13.8 Å². The van der Waals surface area contributed by atoms with Crippen LogP contribution in [-0.4, -0.2) is 28.8 Å². The van der Waals surface area contributed by atoms with Gasteiger partial charge in [-0.05, 0) is 96.8 Å². The molecule has 5 rings (SSSR count). The highest BCUT2D eigenvalue weighted by Gasteiger charge is 2.30. The number of imidazole rings is 1. The monoisotopic (exact) mass is 520 g/mol. The van der Waals surface area contributed by atoms with Gasteiger partial charge in [-0.2, -0.15) is 13.2 Å². The number of nitrogens with zero attached hydrogens (tertiary/aromatic N) is 1. The summed E-state index contributed by atoms with van der Waals surface area (Å²) >= 11 is 0. The van der Waals surface area contributed by atoms with E-state index >= 15 is 0 Å². The Labute approximate surface area is 217 Å². The average molecular weight is 521 g/mol. The predicted octanol–water partition coefficient (Wildman–Crippen LogP) is 6.03. The first-order valence-electron chi connectivity index (χ1n) is 12.4. The molecule has 3 N–H and O–H groups in total. The lowest BCUT2D eigenvalue weighted by Gasteiger charge is -2.15. The molecule has 9 heteroatoms. The van der Waals surface area contributed by atoms with Crippen LogP contribution in [0.5, 0.6) is 0 Å². The van der Waals surface area contributed by atoms with Gasteiger partial charge >= 0.3 is 6.18 Å². The Morgan fingerprint density at radius 2 is 1.74 bits per heavy atom. The number of aromatic nitrogens is 2. The molecule has 1 heterocycles. The third-order valence-electron chi connectivity index (χ3n) is 6.87. The van der Waals surface area contributed by atoms with Gasteiger partial charge < -0.3 is 15.6 Å². The number of carbonyl (C=O) groups is 2. The number of nitrogens with one attached hydrogen (secondary N) is 3. The van der Waals surface area contributed by atoms with Crippen molar-refractivity contribution in [2.75, 3.05) is 7.05 Å². The topological polar surface area (TPSA) is 86.9 Å². The van der Waals surface area contributed by atoms with Crippen molar-refractivity contribution in [1.82, 2.24) is 20.6 Å². The average Bonchev–Trinajstić information content (AvgIpc) is 3.64. The molecule has 1 fully saturated rings. The van der Waals surface area contributed by atoms with E-state index in [0.29, 0.717) is 22.6 Å². The fraction of sp³-hybridized carbons (Fsp3) is 0.276. The summed E-state index contributed by atoms with van der Waals surface area (Å²) in [7, 11) is 1.55. The van der Waals surface area contributed by atoms with E-state index in [4.69, 9.17) is 0 Å². The Morgan fingerprint density at radius 3 is 2.37 bits per heavy atom. The number of rotatable bonds is 6. The van der Waals surface area contributed by atoms with Gasteiger partial charge in [0.25, 0.3) is 11.8 Å². The van der Waals surface area contributed by atoms with Crippen LogP contribution in [0.15, 0.2) is 48.5 Å². The van der Waals surface area contributed by atoms with Crippen molar-refractivity contribution in [2.24, 2.45) is 0 Å². The minimum Gasteiger partial charge on any atom is -0.352 e. The molecule has 1 aliphatic rings. The third kappa shape index (κ3) is 5.01. The van der Waals surface area contributed by atoms with Crippen molar-refractivity contribution < 1.29 is 22.8 Å². The van der Waals surface area contributed by atoms with E-state index in [0.717, 1.165) is 52.7 Å². The highest BCUT2D eigenvalue weighted by Crippen LogP contribution is 2.44. The van der Waals surface area contributed by atoms with Gasteiger partial charge in [0.2, 0.25) is 0 Å². The Morgan fingerprint density at radius 1 is 1.03 bits per heavy atom. The molecule has 38 heavy (non-hydrogen) atoms. The molecular formula is C29H27F3N4O2. The molecule has 196 valence electrons. The van der Waals surface area contributed by atoms with Gasteiger partial charge in [-0.15, -0.1) is 0 Å². The lowest BCUT2D eigenvalue weighted by molar-refractivity contribution is -0.137. The van der Waals surface area contributed by atoms with Crippen molar-refractivity contribution in [3.8, 4) is 11.1 Å². The lowest BCUT2D eigenvalue weighted by atomic mass is 9.91. The van der Waals surface area contributed by atoms with Crippen LogP contribution in [-0.2, 0) is 12.7 Å². The molecule has 4 aromatic rings. The first kappa shape index (κ1) is 25.5. The van der Waals surface area contributed by atoms with Gasteiger partial charge in [-0.25, -0.2) is 4.98 Å². The molecule has 6 nitrogen and oxygen atoms in total.